The van der Waals surface area contributed by atoms with Crippen molar-refractivity contribution in [2.75, 3.05) is 39.5 Å². The first-order chi connectivity index (χ1) is 12.1. The maximum absolute atomic E-state index is 12.6. The number of carbonyl (C=O) groups excluding carboxylic acids is 2. The fourth-order valence-corrected chi connectivity index (χ4v) is 5.05. The normalized spacial score (nSPS) is 19.0. The molecule has 2 heterocycles. The molecule has 134 valence electrons. The molecule has 0 aliphatic carbocycles. The van der Waals surface area contributed by atoms with Gasteiger partial charge in [-0.3, -0.25) is 9.59 Å². The summed E-state index contributed by atoms with van der Waals surface area (Å²) in [5.41, 5.74) is 1.01. The minimum absolute atomic E-state index is 0.0767. The molecule has 1 aromatic carbocycles. The Labute approximate surface area is 155 Å². The molecular weight excluding hydrogens is 358 g/mol. The highest BCUT2D eigenvalue weighted by molar-refractivity contribution is 8.00. The van der Waals surface area contributed by atoms with Gasteiger partial charge in [0.25, 0.3) is 5.91 Å². The van der Waals surface area contributed by atoms with Crippen molar-refractivity contribution in [3.63, 3.8) is 0 Å². The van der Waals surface area contributed by atoms with Gasteiger partial charge in [-0.2, -0.15) is 0 Å². The van der Waals surface area contributed by atoms with Crippen molar-refractivity contribution in [1.29, 1.82) is 0 Å². The Balaban J connectivity index is 1.55. The summed E-state index contributed by atoms with van der Waals surface area (Å²) in [5, 5.41) is 0.764. The second-order valence-electron chi connectivity index (χ2n) is 6.11. The van der Waals surface area contributed by atoms with E-state index in [0.717, 1.165) is 21.2 Å². The average Bonchev–Trinajstić information content (AvgIpc) is 3.03. The number of ether oxygens (including phenoxy) is 1. The summed E-state index contributed by atoms with van der Waals surface area (Å²) in [6.45, 7) is 2.23. The molecule has 1 amide bonds. The molecule has 1 aliphatic heterocycles. The van der Waals surface area contributed by atoms with Crippen LogP contribution < -0.4 is 4.90 Å². The van der Waals surface area contributed by atoms with E-state index in [0.29, 0.717) is 26.2 Å². The predicted molar refractivity (Wildman–Crippen MR) is 99.9 cm³/mol. The Kier molecular flexibility index (Phi) is 5.93. The highest BCUT2D eigenvalue weighted by Crippen LogP contribution is 2.21. The minimum Gasteiger partial charge on any atom is -0.468 e. The number of likely N-dealkylation sites (N-methyl/N-ethyl adjacent to an activating group) is 1. The lowest BCUT2D eigenvalue weighted by atomic mass is 10.3. The number of thioether (sulfide) groups is 1. The van der Waals surface area contributed by atoms with Crippen molar-refractivity contribution in [3.8, 4) is 0 Å². The number of quaternary nitrogens is 1. The smallest absolute Gasteiger partial charge is 0.320 e. The van der Waals surface area contributed by atoms with E-state index < -0.39 is 0 Å². The molecule has 3 rings (SSSR count). The Morgan fingerprint density at radius 1 is 1.40 bits per heavy atom. The second kappa shape index (κ2) is 8.16. The minimum atomic E-state index is -0.271. The maximum Gasteiger partial charge on any atom is 0.320 e. The van der Waals surface area contributed by atoms with E-state index in [9.17, 15) is 9.59 Å². The molecule has 0 bridgehead atoms. The first-order valence-corrected chi connectivity index (χ1v) is 10.1. The van der Waals surface area contributed by atoms with Gasteiger partial charge in [-0.15, -0.1) is 23.1 Å². The number of esters is 1. The number of nitrogens with one attached hydrogen (secondary N) is 1. The molecule has 25 heavy (non-hydrogen) atoms. The molecule has 8 heteroatoms. The number of aromatic nitrogens is 1. The first-order valence-electron chi connectivity index (χ1n) is 8.20. The molecule has 2 atom stereocenters. The molecule has 6 nitrogen and oxygen atoms in total. The third-order valence-electron chi connectivity index (χ3n) is 4.13. The Morgan fingerprint density at radius 2 is 2.20 bits per heavy atom. The van der Waals surface area contributed by atoms with E-state index in [1.165, 1.54) is 11.8 Å². The van der Waals surface area contributed by atoms with Gasteiger partial charge in [0.05, 0.1) is 24.4 Å². The van der Waals surface area contributed by atoms with E-state index in [2.05, 4.69) is 11.1 Å². The van der Waals surface area contributed by atoms with Crippen molar-refractivity contribution in [2.24, 2.45) is 0 Å². The SMILES string of the molecule is COC(=O)[C@H]1CN(C(=O)C[NH+](C)Cc2nc3ccccc3s2)CCS1. The number of methoxy groups -OCH3 is 1. The number of thiazole rings is 1. The molecule has 1 unspecified atom stereocenters. The van der Waals surface area contributed by atoms with Gasteiger partial charge in [0.2, 0.25) is 0 Å². The highest BCUT2D eigenvalue weighted by atomic mass is 32.2. The molecule has 0 radical (unpaired) electrons. The second-order valence-corrected chi connectivity index (χ2v) is 8.53. The number of para-hydroxylation sites is 1. The van der Waals surface area contributed by atoms with Crippen LogP contribution in [0.1, 0.15) is 5.01 Å². The van der Waals surface area contributed by atoms with Crippen LogP contribution in [0.25, 0.3) is 10.2 Å². The molecular formula is C17H22N3O3S2+. The Morgan fingerprint density at radius 3 is 2.96 bits per heavy atom. The van der Waals surface area contributed by atoms with Crippen molar-refractivity contribution in [3.05, 3.63) is 29.3 Å². The number of benzene rings is 1. The van der Waals surface area contributed by atoms with Crippen LogP contribution in [0.4, 0.5) is 0 Å². The maximum atomic E-state index is 12.6. The first kappa shape index (κ1) is 18.2. The van der Waals surface area contributed by atoms with E-state index in [4.69, 9.17) is 4.74 Å². The van der Waals surface area contributed by atoms with E-state index in [1.54, 1.807) is 28.0 Å². The van der Waals surface area contributed by atoms with Crippen molar-refractivity contribution >= 4 is 45.2 Å². The van der Waals surface area contributed by atoms with Gasteiger partial charge < -0.3 is 14.5 Å². The van der Waals surface area contributed by atoms with Crippen molar-refractivity contribution in [1.82, 2.24) is 9.88 Å². The summed E-state index contributed by atoms with van der Waals surface area (Å²) < 4.78 is 5.97. The molecule has 0 saturated carbocycles. The highest BCUT2D eigenvalue weighted by Gasteiger charge is 2.30. The number of carbonyl (C=O) groups is 2. The summed E-state index contributed by atoms with van der Waals surface area (Å²) in [5.74, 6) is 0.591. The fraction of sp³-hybridized carbons (Fsp3) is 0.471. The lowest BCUT2D eigenvalue weighted by molar-refractivity contribution is -0.885. The number of hydrogen-bond acceptors (Lipinski definition) is 6. The summed E-state index contributed by atoms with van der Waals surface area (Å²) in [6, 6.07) is 8.07. The zero-order chi connectivity index (χ0) is 17.8. The van der Waals surface area contributed by atoms with Crippen LogP contribution in [0.15, 0.2) is 24.3 Å². The third kappa shape index (κ3) is 4.50. The van der Waals surface area contributed by atoms with Crippen LogP contribution >= 0.6 is 23.1 Å². The Bertz CT molecular complexity index is 731. The molecule has 1 aliphatic rings. The number of nitrogens with zero attached hydrogens (tertiary/aromatic N) is 2. The van der Waals surface area contributed by atoms with E-state index >= 15 is 0 Å². The molecule has 0 spiro atoms. The van der Waals surface area contributed by atoms with Crippen LogP contribution in [-0.4, -0.2) is 66.6 Å². The summed E-state index contributed by atoms with van der Waals surface area (Å²) in [6.07, 6.45) is 0. The van der Waals surface area contributed by atoms with Crippen LogP contribution in [0.3, 0.4) is 0 Å². The number of hydrogen-bond donors (Lipinski definition) is 1. The van der Waals surface area contributed by atoms with Crippen molar-refractivity contribution in [2.45, 2.75) is 11.8 Å². The number of rotatable bonds is 5. The van der Waals surface area contributed by atoms with Gasteiger partial charge in [-0.25, -0.2) is 4.98 Å². The largest absolute Gasteiger partial charge is 0.468 e. The van der Waals surface area contributed by atoms with E-state index in [-0.39, 0.29) is 17.1 Å². The zero-order valence-corrected chi connectivity index (χ0v) is 16.0. The zero-order valence-electron chi connectivity index (χ0n) is 14.4. The molecule has 1 saturated heterocycles. The quantitative estimate of drug-likeness (QED) is 0.762. The topological polar surface area (TPSA) is 63.9 Å². The van der Waals surface area contributed by atoms with Crippen LogP contribution in [0.5, 0.6) is 0 Å². The third-order valence-corrected chi connectivity index (χ3v) is 6.33. The van der Waals surface area contributed by atoms with Gasteiger partial charge in [-0.05, 0) is 12.1 Å². The van der Waals surface area contributed by atoms with Crippen LogP contribution in [0.2, 0.25) is 0 Å². The van der Waals surface area contributed by atoms with Crippen LogP contribution in [0, 0.1) is 0 Å². The predicted octanol–water partition coefficient (Wildman–Crippen LogP) is 0.428. The lowest BCUT2D eigenvalue weighted by Crippen LogP contribution is -3.09. The van der Waals surface area contributed by atoms with Crippen molar-refractivity contribution < 1.29 is 19.2 Å². The molecule has 1 fully saturated rings. The monoisotopic (exact) mass is 380 g/mol. The summed E-state index contributed by atoms with van der Waals surface area (Å²) >= 11 is 3.23. The lowest BCUT2D eigenvalue weighted by Gasteiger charge is -2.31. The van der Waals surface area contributed by atoms with Gasteiger partial charge in [0, 0.05) is 18.8 Å². The molecule has 1 aromatic heterocycles. The standard InChI is InChI=1S/C17H21N3O3S2/c1-19(10-15-18-12-5-3-4-6-13(12)25-15)11-16(21)20-7-8-24-14(9-20)17(22)23-2/h3-6,14H,7-11H2,1-2H3/p+1/t14-/m1/s1. The van der Waals surface area contributed by atoms with Gasteiger partial charge in [0.1, 0.15) is 16.8 Å². The number of fused-ring (bicyclic) bond motifs is 1. The van der Waals surface area contributed by atoms with Gasteiger partial charge >= 0.3 is 5.97 Å². The number of amides is 1. The van der Waals surface area contributed by atoms with Gasteiger partial charge in [0.15, 0.2) is 6.54 Å². The molecule has 2 aromatic rings. The van der Waals surface area contributed by atoms with E-state index in [1.807, 2.05) is 25.2 Å². The average molecular weight is 381 g/mol. The fourth-order valence-electron chi connectivity index (χ4n) is 2.84. The van der Waals surface area contributed by atoms with Gasteiger partial charge in [-0.1, -0.05) is 12.1 Å². The molecule has 1 N–H and O–H groups in total. The van der Waals surface area contributed by atoms with Crippen LogP contribution in [-0.2, 0) is 20.9 Å². The summed E-state index contributed by atoms with van der Waals surface area (Å²) in [7, 11) is 3.39. The Hall–Kier alpha value is -1.64. The summed E-state index contributed by atoms with van der Waals surface area (Å²) in [4.78, 5) is 31.7.